The predicted molar refractivity (Wildman–Crippen MR) is 75.8 cm³/mol. The predicted octanol–water partition coefficient (Wildman–Crippen LogP) is 3.36. The number of anilines is 1. The molecular formula is C13H17ClN2OS. The summed E-state index contributed by atoms with van der Waals surface area (Å²) in [6, 6.07) is 7.34. The van der Waals surface area contributed by atoms with Gasteiger partial charge in [-0.15, -0.1) is 0 Å². The van der Waals surface area contributed by atoms with Crippen LogP contribution in [-0.2, 0) is 10.8 Å². The minimum absolute atomic E-state index is 0.379. The molecule has 0 bridgehead atoms. The fraction of sp³-hybridized carbons (Fsp3) is 0.462. The molecule has 0 aliphatic heterocycles. The summed E-state index contributed by atoms with van der Waals surface area (Å²) in [5.74, 6) is 0.471. The van der Waals surface area contributed by atoms with Gasteiger partial charge in [-0.2, -0.15) is 5.26 Å². The fourth-order valence-electron chi connectivity index (χ4n) is 1.57. The molecule has 0 heterocycles. The third-order valence-electron chi connectivity index (χ3n) is 2.66. The Balaban J connectivity index is 2.65. The van der Waals surface area contributed by atoms with Gasteiger partial charge in [-0.1, -0.05) is 17.7 Å². The van der Waals surface area contributed by atoms with Gasteiger partial charge in [0.1, 0.15) is 0 Å². The van der Waals surface area contributed by atoms with Gasteiger partial charge in [0.25, 0.3) is 0 Å². The molecule has 0 amide bonds. The number of halogens is 1. The monoisotopic (exact) mass is 284 g/mol. The maximum atomic E-state index is 12.1. The number of nitrogen functional groups attached to an aromatic ring is 1. The van der Waals surface area contributed by atoms with Crippen LogP contribution < -0.4 is 5.73 Å². The Morgan fingerprint density at radius 2 is 2.17 bits per heavy atom. The van der Waals surface area contributed by atoms with Crippen molar-refractivity contribution in [3.8, 4) is 6.07 Å². The van der Waals surface area contributed by atoms with Gasteiger partial charge in [0, 0.05) is 11.4 Å². The highest BCUT2D eigenvalue weighted by Gasteiger charge is 2.18. The van der Waals surface area contributed by atoms with Crippen LogP contribution in [0.2, 0.25) is 5.02 Å². The van der Waals surface area contributed by atoms with Crippen molar-refractivity contribution in [3.05, 3.63) is 23.2 Å². The first-order chi connectivity index (χ1) is 8.37. The van der Waals surface area contributed by atoms with Gasteiger partial charge >= 0.3 is 0 Å². The summed E-state index contributed by atoms with van der Waals surface area (Å²) in [4.78, 5) is 0.508. The zero-order valence-corrected chi connectivity index (χ0v) is 12.1. The molecule has 98 valence electrons. The Kier molecular flexibility index (Phi) is 5.18. The summed E-state index contributed by atoms with van der Waals surface area (Å²) in [5, 5.41) is 9.34. The van der Waals surface area contributed by atoms with Crippen LogP contribution in [0.3, 0.4) is 0 Å². The molecule has 0 aliphatic carbocycles. The topological polar surface area (TPSA) is 66.9 Å². The first-order valence-electron chi connectivity index (χ1n) is 5.71. The van der Waals surface area contributed by atoms with Gasteiger partial charge < -0.3 is 5.73 Å². The number of nitrogens with zero attached hydrogens (tertiary/aromatic N) is 1. The maximum absolute atomic E-state index is 12.1. The molecule has 0 fully saturated rings. The van der Waals surface area contributed by atoms with Crippen molar-refractivity contribution < 1.29 is 4.21 Å². The van der Waals surface area contributed by atoms with E-state index in [0.29, 0.717) is 34.2 Å². The number of rotatable bonds is 5. The van der Waals surface area contributed by atoms with Gasteiger partial charge in [-0.05, 0) is 38.8 Å². The fourth-order valence-corrected chi connectivity index (χ4v) is 3.24. The van der Waals surface area contributed by atoms with Crippen LogP contribution in [0.25, 0.3) is 0 Å². The third-order valence-corrected chi connectivity index (χ3v) is 4.66. The van der Waals surface area contributed by atoms with Gasteiger partial charge in [0.15, 0.2) is 0 Å². The largest absolute Gasteiger partial charge is 0.398 e. The van der Waals surface area contributed by atoms with E-state index in [4.69, 9.17) is 22.6 Å². The molecule has 1 aromatic rings. The number of benzene rings is 1. The average molecular weight is 285 g/mol. The highest BCUT2D eigenvalue weighted by Crippen LogP contribution is 2.27. The standard InChI is InChI=1S/C13H17ClN2OS/c1-13(2,9-15)7-4-8-18(17)12-10(14)5-3-6-11(12)16/h3,5-6H,4,7-8,16H2,1-2H3. The first kappa shape index (κ1) is 15.0. The molecule has 0 aliphatic rings. The Morgan fingerprint density at radius 1 is 1.50 bits per heavy atom. The minimum Gasteiger partial charge on any atom is -0.398 e. The summed E-state index contributed by atoms with van der Waals surface area (Å²) in [5.41, 5.74) is 5.86. The Morgan fingerprint density at radius 3 is 2.72 bits per heavy atom. The van der Waals surface area contributed by atoms with Crippen molar-refractivity contribution in [2.24, 2.45) is 5.41 Å². The quantitative estimate of drug-likeness (QED) is 0.843. The first-order valence-corrected chi connectivity index (χ1v) is 7.41. The molecule has 1 rings (SSSR count). The number of hydrogen-bond donors (Lipinski definition) is 1. The molecule has 3 nitrogen and oxygen atoms in total. The normalized spacial score (nSPS) is 13.0. The second kappa shape index (κ2) is 6.21. The van der Waals surface area contributed by atoms with Crippen LogP contribution in [-0.4, -0.2) is 9.96 Å². The minimum atomic E-state index is -1.21. The van der Waals surface area contributed by atoms with E-state index in [0.717, 1.165) is 0 Å². The molecule has 0 saturated carbocycles. The van der Waals surface area contributed by atoms with E-state index in [1.807, 2.05) is 13.8 Å². The Bertz CT molecular complexity index is 474. The molecule has 0 saturated heterocycles. The van der Waals surface area contributed by atoms with Crippen LogP contribution in [0, 0.1) is 16.7 Å². The second-order valence-electron chi connectivity index (χ2n) is 4.81. The van der Waals surface area contributed by atoms with Gasteiger partial charge in [0.2, 0.25) is 0 Å². The van der Waals surface area contributed by atoms with Crippen LogP contribution >= 0.6 is 11.6 Å². The number of nitriles is 1. The molecule has 0 spiro atoms. The van der Waals surface area contributed by atoms with Crippen molar-refractivity contribution in [1.29, 1.82) is 5.26 Å². The Hall–Kier alpha value is -1.05. The average Bonchev–Trinajstić information content (AvgIpc) is 2.28. The van der Waals surface area contributed by atoms with Gasteiger partial charge in [-0.3, -0.25) is 4.21 Å². The lowest BCUT2D eigenvalue weighted by Gasteiger charge is -2.14. The van der Waals surface area contributed by atoms with E-state index in [2.05, 4.69) is 6.07 Å². The van der Waals surface area contributed by atoms with Gasteiger partial charge in [-0.25, -0.2) is 0 Å². The van der Waals surface area contributed by atoms with Crippen molar-refractivity contribution in [1.82, 2.24) is 0 Å². The van der Waals surface area contributed by atoms with Crippen molar-refractivity contribution >= 4 is 28.1 Å². The van der Waals surface area contributed by atoms with E-state index in [1.165, 1.54) is 0 Å². The molecule has 0 aromatic heterocycles. The van der Waals surface area contributed by atoms with E-state index < -0.39 is 10.8 Å². The summed E-state index contributed by atoms with van der Waals surface area (Å²) in [6.07, 6.45) is 1.41. The molecule has 0 radical (unpaired) electrons. The lowest BCUT2D eigenvalue weighted by Crippen LogP contribution is -2.10. The number of nitrogens with two attached hydrogens (primary N) is 1. The maximum Gasteiger partial charge on any atom is 0.0803 e. The van der Waals surface area contributed by atoms with E-state index in [-0.39, 0.29) is 5.41 Å². The third kappa shape index (κ3) is 4.01. The zero-order chi connectivity index (χ0) is 13.8. The summed E-state index contributed by atoms with van der Waals surface area (Å²) in [7, 11) is -1.21. The summed E-state index contributed by atoms with van der Waals surface area (Å²) < 4.78 is 12.1. The van der Waals surface area contributed by atoms with Crippen molar-refractivity contribution in [2.45, 2.75) is 31.6 Å². The SMILES string of the molecule is CC(C)(C#N)CCCS(=O)c1c(N)cccc1Cl. The lowest BCUT2D eigenvalue weighted by atomic mass is 9.90. The Labute approximate surface area is 115 Å². The van der Waals surface area contributed by atoms with Crippen LogP contribution in [0.4, 0.5) is 5.69 Å². The highest BCUT2D eigenvalue weighted by molar-refractivity contribution is 7.85. The van der Waals surface area contributed by atoms with Crippen LogP contribution in [0.1, 0.15) is 26.7 Å². The summed E-state index contributed by atoms with van der Waals surface area (Å²) in [6.45, 7) is 3.75. The van der Waals surface area contributed by atoms with Crippen LogP contribution in [0.5, 0.6) is 0 Å². The molecular weight excluding hydrogens is 268 g/mol. The van der Waals surface area contributed by atoms with Gasteiger partial charge in [0.05, 0.1) is 32.2 Å². The van der Waals surface area contributed by atoms with E-state index in [9.17, 15) is 4.21 Å². The second-order valence-corrected chi connectivity index (χ2v) is 6.72. The van der Waals surface area contributed by atoms with E-state index in [1.54, 1.807) is 18.2 Å². The molecule has 1 aromatic carbocycles. The summed E-state index contributed by atoms with van der Waals surface area (Å²) >= 11 is 6.00. The smallest absolute Gasteiger partial charge is 0.0803 e. The highest BCUT2D eigenvalue weighted by atomic mass is 35.5. The molecule has 5 heteroatoms. The molecule has 1 unspecified atom stereocenters. The molecule has 2 N–H and O–H groups in total. The lowest BCUT2D eigenvalue weighted by molar-refractivity contribution is 0.447. The molecule has 18 heavy (non-hydrogen) atoms. The van der Waals surface area contributed by atoms with Crippen molar-refractivity contribution in [3.63, 3.8) is 0 Å². The van der Waals surface area contributed by atoms with E-state index >= 15 is 0 Å². The number of hydrogen-bond acceptors (Lipinski definition) is 3. The van der Waals surface area contributed by atoms with Crippen molar-refractivity contribution in [2.75, 3.05) is 11.5 Å². The zero-order valence-electron chi connectivity index (χ0n) is 10.6. The molecule has 1 atom stereocenters. The van der Waals surface area contributed by atoms with Crippen LogP contribution in [0.15, 0.2) is 23.1 Å².